The molecule has 0 N–H and O–H groups in total. The SMILES string of the molecule is C[C@@H](OC(=O)c1ccc(C#N)cc1)C(=O)c1ccc(F)cc1. The Morgan fingerprint density at radius 3 is 2.14 bits per heavy atom. The summed E-state index contributed by atoms with van der Waals surface area (Å²) in [6, 6.07) is 12.8. The Labute approximate surface area is 126 Å². The van der Waals surface area contributed by atoms with E-state index in [2.05, 4.69) is 0 Å². The van der Waals surface area contributed by atoms with Gasteiger partial charge in [-0.3, -0.25) is 4.79 Å². The lowest BCUT2D eigenvalue weighted by atomic mass is 10.1. The van der Waals surface area contributed by atoms with Crippen molar-refractivity contribution in [2.24, 2.45) is 0 Å². The van der Waals surface area contributed by atoms with Crippen molar-refractivity contribution in [2.75, 3.05) is 0 Å². The molecule has 22 heavy (non-hydrogen) atoms. The Morgan fingerprint density at radius 2 is 1.59 bits per heavy atom. The Kier molecular flexibility index (Phi) is 4.64. The second-order valence-corrected chi connectivity index (χ2v) is 4.61. The van der Waals surface area contributed by atoms with E-state index in [0.717, 1.165) is 0 Å². The molecule has 0 spiro atoms. The molecule has 0 aliphatic rings. The first kappa shape index (κ1) is 15.4. The van der Waals surface area contributed by atoms with Crippen molar-refractivity contribution in [2.45, 2.75) is 13.0 Å². The lowest BCUT2D eigenvalue weighted by Gasteiger charge is -2.12. The summed E-state index contributed by atoms with van der Waals surface area (Å²) in [6.07, 6.45) is -0.992. The minimum atomic E-state index is -0.992. The summed E-state index contributed by atoms with van der Waals surface area (Å²) in [4.78, 5) is 24.0. The van der Waals surface area contributed by atoms with Crippen LogP contribution in [0.1, 0.15) is 33.2 Å². The van der Waals surface area contributed by atoms with E-state index in [1.165, 1.54) is 55.5 Å². The second-order valence-electron chi connectivity index (χ2n) is 4.61. The van der Waals surface area contributed by atoms with Crippen molar-refractivity contribution in [1.29, 1.82) is 5.26 Å². The number of nitriles is 1. The lowest BCUT2D eigenvalue weighted by Crippen LogP contribution is -2.24. The fourth-order valence-electron chi connectivity index (χ4n) is 1.81. The monoisotopic (exact) mass is 297 g/mol. The maximum absolute atomic E-state index is 12.8. The van der Waals surface area contributed by atoms with Gasteiger partial charge in [0.15, 0.2) is 6.10 Å². The van der Waals surface area contributed by atoms with Gasteiger partial charge in [0.25, 0.3) is 0 Å². The highest BCUT2D eigenvalue weighted by atomic mass is 19.1. The maximum Gasteiger partial charge on any atom is 0.338 e. The minimum Gasteiger partial charge on any atom is -0.451 e. The van der Waals surface area contributed by atoms with Crippen LogP contribution in [0, 0.1) is 17.1 Å². The van der Waals surface area contributed by atoms with Crippen molar-refractivity contribution in [3.63, 3.8) is 0 Å². The van der Waals surface area contributed by atoms with Crippen molar-refractivity contribution >= 4 is 11.8 Å². The number of esters is 1. The molecule has 2 rings (SSSR count). The predicted octanol–water partition coefficient (Wildman–Crippen LogP) is 3.13. The number of benzene rings is 2. The summed E-state index contributed by atoms with van der Waals surface area (Å²) in [5.74, 6) is -1.52. The summed E-state index contributed by atoms with van der Waals surface area (Å²) < 4.78 is 17.9. The standard InChI is InChI=1S/C17H12FNO3/c1-11(16(20)13-6-8-15(18)9-7-13)22-17(21)14-4-2-12(10-19)3-5-14/h2-9,11H,1H3/t11-/m1/s1. The van der Waals surface area contributed by atoms with Gasteiger partial charge in [-0.25, -0.2) is 9.18 Å². The zero-order valence-electron chi connectivity index (χ0n) is 11.7. The molecule has 110 valence electrons. The van der Waals surface area contributed by atoms with Gasteiger partial charge in [-0.05, 0) is 55.5 Å². The molecule has 0 unspecified atom stereocenters. The van der Waals surface area contributed by atoms with Crippen LogP contribution in [0.2, 0.25) is 0 Å². The van der Waals surface area contributed by atoms with E-state index in [1.807, 2.05) is 6.07 Å². The normalized spacial score (nSPS) is 11.3. The molecule has 0 saturated heterocycles. The zero-order valence-corrected chi connectivity index (χ0v) is 11.7. The molecule has 0 heterocycles. The molecule has 0 saturated carbocycles. The lowest BCUT2D eigenvalue weighted by molar-refractivity contribution is 0.0319. The van der Waals surface area contributed by atoms with Crippen LogP contribution >= 0.6 is 0 Å². The summed E-state index contributed by atoms with van der Waals surface area (Å²) in [5.41, 5.74) is 0.936. The van der Waals surface area contributed by atoms with Crippen molar-refractivity contribution in [1.82, 2.24) is 0 Å². The number of carbonyl (C=O) groups excluding carboxylic acids is 2. The number of Topliss-reactive ketones (excluding diaryl/α,β-unsaturated/α-hetero) is 1. The molecule has 5 heteroatoms. The van der Waals surface area contributed by atoms with Crippen LogP contribution in [0.3, 0.4) is 0 Å². The van der Waals surface area contributed by atoms with Crippen molar-refractivity contribution < 1.29 is 18.7 Å². The zero-order chi connectivity index (χ0) is 16.1. The Morgan fingerprint density at radius 1 is 1.05 bits per heavy atom. The number of ketones is 1. The highest BCUT2D eigenvalue weighted by molar-refractivity contribution is 6.01. The fraction of sp³-hybridized carbons (Fsp3) is 0.118. The Balaban J connectivity index is 2.05. The molecule has 2 aromatic rings. The molecular weight excluding hydrogens is 285 g/mol. The summed E-state index contributed by atoms with van der Waals surface area (Å²) >= 11 is 0. The third kappa shape index (κ3) is 3.55. The van der Waals surface area contributed by atoms with Crippen LogP contribution in [-0.4, -0.2) is 17.9 Å². The van der Waals surface area contributed by atoms with Crippen LogP contribution in [0.5, 0.6) is 0 Å². The number of ether oxygens (including phenoxy) is 1. The molecule has 0 radical (unpaired) electrons. The third-order valence-electron chi connectivity index (χ3n) is 3.03. The average Bonchev–Trinajstić information content (AvgIpc) is 2.54. The number of nitrogens with zero attached hydrogens (tertiary/aromatic N) is 1. The quantitative estimate of drug-likeness (QED) is 0.642. The number of hydrogen-bond acceptors (Lipinski definition) is 4. The molecule has 0 amide bonds. The highest BCUT2D eigenvalue weighted by Gasteiger charge is 2.20. The van der Waals surface area contributed by atoms with Crippen LogP contribution in [0.25, 0.3) is 0 Å². The van der Waals surface area contributed by atoms with Crippen LogP contribution < -0.4 is 0 Å². The van der Waals surface area contributed by atoms with Gasteiger partial charge in [0.05, 0.1) is 17.2 Å². The van der Waals surface area contributed by atoms with E-state index in [1.54, 1.807) is 0 Å². The number of hydrogen-bond donors (Lipinski definition) is 0. The maximum atomic E-state index is 12.8. The van der Waals surface area contributed by atoms with E-state index in [0.29, 0.717) is 5.56 Å². The molecule has 0 aliphatic carbocycles. The summed E-state index contributed by atoms with van der Waals surface area (Å²) in [6.45, 7) is 1.45. The van der Waals surface area contributed by atoms with Gasteiger partial charge in [-0.1, -0.05) is 0 Å². The number of halogens is 1. The van der Waals surface area contributed by atoms with E-state index in [-0.39, 0.29) is 11.1 Å². The Hall–Kier alpha value is -3.00. The van der Waals surface area contributed by atoms with Crippen LogP contribution in [0.4, 0.5) is 4.39 Å². The molecule has 2 aromatic carbocycles. The molecular formula is C17H12FNO3. The molecule has 0 aromatic heterocycles. The fourth-order valence-corrected chi connectivity index (χ4v) is 1.81. The van der Waals surface area contributed by atoms with Gasteiger partial charge in [-0.15, -0.1) is 0 Å². The summed E-state index contributed by atoms with van der Waals surface area (Å²) in [5, 5.41) is 8.69. The number of carbonyl (C=O) groups is 2. The van der Waals surface area contributed by atoms with E-state index in [4.69, 9.17) is 10.00 Å². The predicted molar refractivity (Wildman–Crippen MR) is 76.8 cm³/mol. The van der Waals surface area contributed by atoms with E-state index < -0.39 is 23.7 Å². The number of rotatable bonds is 4. The first-order chi connectivity index (χ1) is 10.5. The largest absolute Gasteiger partial charge is 0.451 e. The van der Waals surface area contributed by atoms with Gasteiger partial charge >= 0.3 is 5.97 Å². The first-order valence-corrected chi connectivity index (χ1v) is 6.52. The third-order valence-corrected chi connectivity index (χ3v) is 3.03. The van der Waals surface area contributed by atoms with Crippen LogP contribution in [0.15, 0.2) is 48.5 Å². The minimum absolute atomic E-state index is 0.248. The Bertz CT molecular complexity index is 730. The van der Waals surface area contributed by atoms with Crippen molar-refractivity contribution in [3.8, 4) is 6.07 Å². The molecule has 0 bridgehead atoms. The van der Waals surface area contributed by atoms with Gasteiger partial charge in [0, 0.05) is 5.56 Å². The molecule has 4 nitrogen and oxygen atoms in total. The molecule has 0 fully saturated rings. The first-order valence-electron chi connectivity index (χ1n) is 6.52. The molecule has 0 aliphatic heterocycles. The second kappa shape index (κ2) is 6.64. The van der Waals surface area contributed by atoms with E-state index >= 15 is 0 Å². The average molecular weight is 297 g/mol. The smallest absolute Gasteiger partial charge is 0.338 e. The van der Waals surface area contributed by atoms with Gasteiger partial charge in [-0.2, -0.15) is 5.26 Å². The van der Waals surface area contributed by atoms with E-state index in [9.17, 15) is 14.0 Å². The van der Waals surface area contributed by atoms with Crippen LogP contribution in [-0.2, 0) is 4.74 Å². The van der Waals surface area contributed by atoms with Gasteiger partial charge in [0.1, 0.15) is 5.82 Å². The highest BCUT2D eigenvalue weighted by Crippen LogP contribution is 2.11. The van der Waals surface area contributed by atoms with Gasteiger partial charge < -0.3 is 4.74 Å². The summed E-state index contributed by atoms with van der Waals surface area (Å²) in [7, 11) is 0. The van der Waals surface area contributed by atoms with Crippen molar-refractivity contribution in [3.05, 3.63) is 71.0 Å². The topological polar surface area (TPSA) is 67.2 Å². The molecule has 1 atom stereocenters. The van der Waals surface area contributed by atoms with Gasteiger partial charge in [0.2, 0.25) is 5.78 Å².